The SMILES string of the molecule is CNCCCC(=O)NC(C)CC(O)c1ccccc1.Cl. The summed E-state index contributed by atoms with van der Waals surface area (Å²) >= 11 is 0. The molecule has 1 aromatic rings. The van der Waals surface area contributed by atoms with Crippen LogP contribution >= 0.6 is 12.4 Å². The van der Waals surface area contributed by atoms with Crippen LogP contribution in [0.1, 0.15) is 37.9 Å². The van der Waals surface area contributed by atoms with E-state index >= 15 is 0 Å². The number of rotatable bonds is 8. The van der Waals surface area contributed by atoms with Crippen LogP contribution in [0.4, 0.5) is 0 Å². The molecule has 0 spiro atoms. The van der Waals surface area contributed by atoms with Crippen LogP contribution in [-0.2, 0) is 4.79 Å². The molecule has 0 saturated heterocycles. The van der Waals surface area contributed by atoms with Crippen LogP contribution in [0.3, 0.4) is 0 Å². The second-order valence-corrected chi connectivity index (χ2v) is 4.84. The van der Waals surface area contributed by atoms with Gasteiger partial charge in [0.15, 0.2) is 0 Å². The summed E-state index contributed by atoms with van der Waals surface area (Å²) in [7, 11) is 1.87. The Hall–Kier alpha value is -1.10. The van der Waals surface area contributed by atoms with Gasteiger partial charge in [-0.25, -0.2) is 0 Å². The molecule has 0 bridgehead atoms. The molecule has 2 atom stereocenters. The normalized spacial score (nSPS) is 13.2. The van der Waals surface area contributed by atoms with Crippen molar-refractivity contribution in [2.24, 2.45) is 0 Å². The monoisotopic (exact) mass is 300 g/mol. The maximum Gasteiger partial charge on any atom is 0.220 e. The number of aliphatic hydroxyl groups excluding tert-OH is 1. The van der Waals surface area contributed by atoms with Crippen molar-refractivity contribution in [1.29, 1.82) is 0 Å². The first-order valence-electron chi connectivity index (χ1n) is 6.80. The van der Waals surface area contributed by atoms with Crippen molar-refractivity contribution in [3.8, 4) is 0 Å². The zero-order chi connectivity index (χ0) is 14.1. The minimum atomic E-state index is -0.534. The van der Waals surface area contributed by atoms with E-state index < -0.39 is 6.10 Å². The predicted molar refractivity (Wildman–Crippen MR) is 84.0 cm³/mol. The van der Waals surface area contributed by atoms with Crippen LogP contribution in [-0.4, -0.2) is 30.6 Å². The van der Waals surface area contributed by atoms with Gasteiger partial charge in [-0.1, -0.05) is 30.3 Å². The van der Waals surface area contributed by atoms with Gasteiger partial charge in [0, 0.05) is 12.5 Å². The molecule has 1 amide bonds. The summed E-state index contributed by atoms with van der Waals surface area (Å²) in [6.45, 7) is 2.76. The fraction of sp³-hybridized carbons (Fsp3) is 0.533. The molecule has 5 heteroatoms. The molecular formula is C15H25ClN2O2. The molecular weight excluding hydrogens is 276 g/mol. The van der Waals surface area contributed by atoms with E-state index in [4.69, 9.17) is 0 Å². The standard InChI is InChI=1S/C15H24N2O2.ClH/c1-12(17-15(19)9-6-10-16-2)11-14(18)13-7-4-3-5-8-13;/h3-5,7-8,12,14,16,18H,6,9-11H2,1-2H3,(H,17,19);1H. The first-order chi connectivity index (χ1) is 9.13. The molecule has 114 valence electrons. The number of carbonyl (C=O) groups excluding carboxylic acids is 1. The molecule has 0 aliphatic carbocycles. The molecule has 20 heavy (non-hydrogen) atoms. The molecule has 4 nitrogen and oxygen atoms in total. The average molecular weight is 301 g/mol. The van der Waals surface area contributed by atoms with Crippen molar-refractivity contribution >= 4 is 18.3 Å². The Balaban J connectivity index is 0.00000361. The Bertz CT molecular complexity index is 373. The third-order valence-corrected chi connectivity index (χ3v) is 3.00. The van der Waals surface area contributed by atoms with Gasteiger partial charge in [-0.2, -0.15) is 0 Å². The van der Waals surface area contributed by atoms with Crippen molar-refractivity contribution in [3.63, 3.8) is 0 Å². The van der Waals surface area contributed by atoms with E-state index in [1.54, 1.807) is 0 Å². The Morgan fingerprint density at radius 1 is 1.30 bits per heavy atom. The molecule has 0 aliphatic rings. The number of nitrogens with one attached hydrogen (secondary N) is 2. The van der Waals surface area contributed by atoms with Crippen LogP contribution < -0.4 is 10.6 Å². The fourth-order valence-corrected chi connectivity index (χ4v) is 1.98. The summed E-state index contributed by atoms with van der Waals surface area (Å²) in [4.78, 5) is 11.6. The van der Waals surface area contributed by atoms with Crippen molar-refractivity contribution in [1.82, 2.24) is 10.6 Å². The fourth-order valence-electron chi connectivity index (χ4n) is 1.98. The van der Waals surface area contributed by atoms with Gasteiger partial charge in [0.1, 0.15) is 0 Å². The highest BCUT2D eigenvalue weighted by Crippen LogP contribution is 2.17. The smallest absolute Gasteiger partial charge is 0.220 e. The molecule has 2 unspecified atom stereocenters. The minimum absolute atomic E-state index is 0. The van der Waals surface area contributed by atoms with Gasteiger partial charge >= 0.3 is 0 Å². The molecule has 0 saturated carbocycles. The molecule has 3 N–H and O–H groups in total. The molecule has 0 aromatic heterocycles. The van der Waals surface area contributed by atoms with Gasteiger partial charge in [-0.15, -0.1) is 12.4 Å². The lowest BCUT2D eigenvalue weighted by atomic mass is 10.0. The third-order valence-electron chi connectivity index (χ3n) is 3.00. The summed E-state index contributed by atoms with van der Waals surface area (Å²) in [5.74, 6) is 0.0445. The van der Waals surface area contributed by atoms with Gasteiger partial charge in [0.05, 0.1) is 6.10 Å². The first-order valence-corrected chi connectivity index (χ1v) is 6.80. The highest BCUT2D eigenvalue weighted by molar-refractivity contribution is 5.85. The van der Waals surface area contributed by atoms with Crippen LogP contribution in [0.25, 0.3) is 0 Å². The molecule has 0 radical (unpaired) electrons. The molecule has 0 aliphatic heterocycles. The van der Waals surface area contributed by atoms with E-state index in [-0.39, 0.29) is 24.4 Å². The number of carbonyl (C=O) groups is 1. The number of halogens is 1. The van der Waals surface area contributed by atoms with E-state index in [1.807, 2.05) is 44.3 Å². The van der Waals surface area contributed by atoms with Gasteiger partial charge in [-0.3, -0.25) is 4.79 Å². The summed E-state index contributed by atoms with van der Waals surface area (Å²) in [6.07, 6.45) is 1.35. The van der Waals surface area contributed by atoms with Crippen molar-refractivity contribution in [2.75, 3.05) is 13.6 Å². The number of hydrogen-bond donors (Lipinski definition) is 3. The van der Waals surface area contributed by atoms with Crippen LogP contribution in [0.2, 0.25) is 0 Å². The zero-order valence-corrected chi connectivity index (χ0v) is 13.0. The summed E-state index contributed by atoms with van der Waals surface area (Å²) in [6, 6.07) is 9.48. The third kappa shape index (κ3) is 7.48. The first kappa shape index (κ1) is 18.9. The predicted octanol–water partition coefficient (Wildman–Crippen LogP) is 2.04. The van der Waals surface area contributed by atoms with E-state index in [0.29, 0.717) is 12.8 Å². The van der Waals surface area contributed by atoms with Crippen LogP contribution in [0.15, 0.2) is 30.3 Å². The number of hydrogen-bond acceptors (Lipinski definition) is 3. The van der Waals surface area contributed by atoms with Gasteiger partial charge in [0.2, 0.25) is 5.91 Å². The highest BCUT2D eigenvalue weighted by Gasteiger charge is 2.13. The molecule has 0 heterocycles. The van der Waals surface area contributed by atoms with Gasteiger partial charge in [-0.05, 0) is 38.9 Å². The van der Waals surface area contributed by atoms with Crippen molar-refractivity contribution in [3.05, 3.63) is 35.9 Å². The zero-order valence-electron chi connectivity index (χ0n) is 12.1. The topological polar surface area (TPSA) is 61.4 Å². The van der Waals surface area contributed by atoms with Crippen molar-refractivity contribution < 1.29 is 9.90 Å². The average Bonchev–Trinajstić information content (AvgIpc) is 2.39. The van der Waals surface area contributed by atoms with E-state index in [1.165, 1.54) is 0 Å². The largest absolute Gasteiger partial charge is 0.388 e. The summed E-state index contributed by atoms with van der Waals surface area (Å²) < 4.78 is 0. The minimum Gasteiger partial charge on any atom is -0.388 e. The Labute approximate surface area is 127 Å². The second-order valence-electron chi connectivity index (χ2n) is 4.84. The Morgan fingerprint density at radius 2 is 1.95 bits per heavy atom. The number of aliphatic hydroxyl groups is 1. The lowest BCUT2D eigenvalue weighted by Crippen LogP contribution is -2.34. The van der Waals surface area contributed by atoms with Gasteiger partial charge in [0.25, 0.3) is 0 Å². The second kappa shape index (κ2) is 10.7. The van der Waals surface area contributed by atoms with E-state index in [0.717, 1.165) is 18.5 Å². The van der Waals surface area contributed by atoms with Gasteiger partial charge < -0.3 is 15.7 Å². The Kier molecular flexibility index (Phi) is 10.1. The van der Waals surface area contributed by atoms with E-state index in [2.05, 4.69) is 10.6 Å². The lowest BCUT2D eigenvalue weighted by molar-refractivity contribution is -0.121. The van der Waals surface area contributed by atoms with Crippen LogP contribution in [0.5, 0.6) is 0 Å². The quantitative estimate of drug-likeness (QED) is 0.644. The maximum absolute atomic E-state index is 11.6. The lowest BCUT2D eigenvalue weighted by Gasteiger charge is -2.18. The van der Waals surface area contributed by atoms with E-state index in [9.17, 15) is 9.90 Å². The van der Waals surface area contributed by atoms with Crippen LogP contribution in [0, 0.1) is 0 Å². The molecule has 1 aromatic carbocycles. The van der Waals surface area contributed by atoms with Crippen molar-refractivity contribution in [2.45, 2.75) is 38.3 Å². The Morgan fingerprint density at radius 3 is 2.55 bits per heavy atom. The number of amides is 1. The maximum atomic E-state index is 11.6. The summed E-state index contributed by atoms with van der Waals surface area (Å²) in [5.41, 5.74) is 0.888. The molecule has 1 rings (SSSR count). The summed E-state index contributed by atoms with van der Waals surface area (Å²) in [5, 5.41) is 16.0. The molecule has 0 fully saturated rings. The highest BCUT2D eigenvalue weighted by atomic mass is 35.5. The number of benzene rings is 1.